The van der Waals surface area contributed by atoms with Crippen LogP contribution >= 0.6 is 0 Å². The van der Waals surface area contributed by atoms with Gasteiger partial charge in [-0.25, -0.2) is 0 Å². The van der Waals surface area contributed by atoms with Gasteiger partial charge in [0.15, 0.2) is 11.5 Å². The molecule has 1 amide bonds. The summed E-state index contributed by atoms with van der Waals surface area (Å²) in [6, 6.07) is 13.4. The van der Waals surface area contributed by atoms with E-state index in [1.807, 2.05) is 56.3 Å². The Hall–Kier alpha value is -2.95. The molecule has 2 rings (SSSR count). The molecular weight excluding hydrogens is 342 g/mol. The van der Waals surface area contributed by atoms with E-state index in [0.717, 1.165) is 23.3 Å². The van der Waals surface area contributed by atoms with Gasteiger partial charge in [-0.2, -0.15) is 0 Å². The van der Waals surface area contributed by atoms with Gasteiger partial charge in [0.05, 0.1) is 20.8 Å². The average Bonchev–Trinajstić information content (AvgIpc) is 2.67. The summed E-state index contributed by atoms with van der Waals surface area (Å²) in [5, 5.41) is 2.98. The summed E-state index contributed by atoms with van der Waals surface area (Å²) in [6.07, 6.45) is 4.02. The molecule has 0 aliphatic heterocycles. The van der Waals surface area contributed by atoms with Crippen LogP contribution in [0.5, 0.6) is 17.2 Å². The third-order valence-electron chi connectivity index (χ3n) is 3.98. The van der Waals surface area contributed by atoms with Crippen LogP contribution in [0.15, 0.2) is 48.5 Å². The van der Waals surface area contributed by atoms with Crippen molar-refractivity contribution in [3.63, 3.8) is 0 Å². The maximum atomic E-state index is 12.2. The number of carbonyl (C=O) groups is 1. The predicted molar refractivity (Wildman–Crippen MR) is 107 cm³/mol. The smallest absolute Gasteiger partial charge is 0.244 e. The Kier molecular flexibility index (Phi) is 7.74. The third-order valence-corrected chi connectivity index (χ3v) is 3.98. The van der Waals surface area contributed by atoms with Crippen molar-refractivity contribution in [2.75, 3.05) is 20.8 Å². The third kappa shape index (κ3) is 6.37. The summed E-state index contributed by atoms with van der Waals surface area (Å²) >= 11 is 0. The molecule has 0 aliphatic rings. The van der Waals surface area contributed by atoms with Crippen LogP contribution < -0.4 is 19.5 Å². The van der Waals surface area contributed by atoms with Crippen LogP contribution in [0.3, 0.4) is 0 Å². The standard InChI is InChI=1S/C22H27NO4/c1-5-27-21-15-17(9-11-20(21)26-4)10-12-22(24)23-16(2)13-18-7-6-8-19(14-18)25-3/h6-12,14-16H,5,13H2,1-4H3,(H,23,24)/b12-10+. The molecule has 0 fully saturated rings. The number of hydrogen-bond acceptors (Lipinski definition) is 4. The zero-order chi connectivity index (χ0) is 19.6. The number of rotatable bonds is 9. The second-order valence-corrected chi connectivity index (χ2v) is 6.14. The van der Waals surface area contributed by atoms with Crippen LogP contribution in [0.1, 0.15) is 25.0 Å². The maximum absolute atomic E-state index is 12.2. The van der Waals surface area contributed by atoms with Gasteiger partial charge in [0, 0.05) is 12.1 Å². The molecule has 0 saturated heterocycles. The molecular formula is C22H27NO4. The van der Waals surface area contributed by atoms with Crippen molar-refractivity contribution in [2.24, 2.45) is 0 Å². The predicted octanol–water partition coefficient (Wildman–Crippen LogP) is 3.86. The molecule has 1 unspecified atom stereocenters. The Morgan fingerprint density at radius 1 is 1.11 bits per heavy atom. The largest absolute Gasteiger partial charge is 0.497 e. The van der Waals surface area contributed by atoms with E-state index in [1.54, 1.807) is 20.3 Å². The van der Waals surface area contributed by atoms with Gasteiger partial charge in [0.1, 0.15) is 5.75 Å². The van der Waals surface area contributed by atoms with E-state index in [0.29, 0.717) is 18.1 Å². The lowest BCUT2D eigenvalue weighted by atomic mass is 10.1. The van der Waals surface area contributed by atoms with Crippen molar-refractivity contribution in [3.05, 3.63) is 59.7 Å². The molecule has 0 radical (unpaired) electrons. The number of methoxy groups -OCH3 is 2. The van der Waals surface area contributed by atoms with Crippen LogP contribution in [0, 0.1) is 0 Å². The normalized spacial score (nSPS) is 11.9. The highest BCUT2D eigenvalue weighted by molar-refractivity contribution is 5.92. The highest BCUT2D eigenvalue weighted by Crippen LogP contribution is 2.28. The molecule has 144 valence electrons. The fraction of sp³-hybridized carbons (Fsp3) is 0.318. The Morgan fingerprint density at radius 3 is 2.63 bits per heavy atom. The van der Waals surface area contributed by atoms with Gasteiger partial charge < -0.3 is 19.5 Å². The first-order valence-corrected chi connectivity index (χ1v) is 8.98. The Balaban J connectivity index is 1.95. The number of nitrogens with one attached hydrogen (secondary N) is 1. The number of benzene rings is 2. The van der Waals surface area contributed by atoms with Crippen molar-refractivity contribution in [2.45, 2.75) is 26.3 Å². The first kappa shape index (κ1) is 20.4. The maximum Gasteiger partial charge on any atom is 0.244 e. The Labute approximate surface area is 161 Å². The summed E-state index contributed by atoms with van der Waals surface area (Å²) in [5.74, 6) is 2.01. The number of carbonyl (C=O) groups excluding carboxylic acids is 1. The van der Waals surface area contributed by atoms with E-state index in [2.05, 4.69) is 5.32 Å². The second-order valence-electron chi connectivity index (χ2n) is 6.14. The minimum absolute atomic E-state index is 0.00380. The minimum Gasteiger partial charge on any atom is -0.497 e. The average molecular weight is 369 g/mol. The molecule has 0 heterocycles. The number of amides is 1. The van der Waals surface area contributed by atoms with Gasteiger partial charge >= 0.3 is 0 Å². The van der Waals surface area contributed by atoms with E-state index in [9.17, 15) is 4.79 Å². The highest BCUT2D eigenvalue weighted by atomic mass is 16.5. The van der Waals surface area contributed by atoms with E-state index in [1.165, 1.54) is 6.08 Å². The molecule has 1 atom stereocenters. The molecule has 5 nitrogen and oxygen atoms in total. The lowest BCUT2D eigenvalue weighted by Gasteiger charge is -2.13. The van der Waals surface area contributed by atoms with Crippen LogP contribution in [0.4, 0.5) is 0 Å². The quantitative estimate of drug-likeness (QED) is 0.682. The van der Waals surface area contributed by atoms with Crippen molar-refractivity contribution in [1.82, 2.24) is 5.32 Å². The molecule has 2 aromatic rings. The number of hydrogen-bond donors (Lipinski definition) is 1. The monoisotopic (exact) mass is 369 g/mol. The molecule has 27 heavy (non-hydrogen) atoms. The topological polar surface area (TPSA) is 56.8 Å². The Bertz CT molecular complexity index is 786. The molecule has 0 aliphatic carbocycles. The van der Waals surface area contributed by atoms with Gasteiger partial charge in [0.25, 0.3) is 0 Å². The van der Waals surface area contributed by atoms with Gasteiger partial charge in [-0.15, -0.1) is 0 Å². The van der Waals surface area contributed by atoms with Crippen LogP contribution in [0.2, 0.25) is 0 Å². The van der Waals surface area contributed by atoms with Gasteiger partial charge in [0.2, 0.25) is 5.91 Å². The number of ether oxygens (including phenoxy) is 3. The minimum atomic E-state index is -0.140. The zero-order valence-electron chi connectivity index (χ0n) is 16.3. The molecule has 1 N–H and O–H groups in total. The first-order valence-electron chi connectivity index (χ1n) is 8.98. The molecule has 0 aromatic heterocycles. The second kappa shape index (κ2) is 10.3. The molecule has 2 aromatic carbocycles. The van der Waals surface area contributed by atoms with E-state index in [-0.39, 0.29) is 11.9 Å². The summed E-state index contributed by atoms with van der Waals surface area (Å²) in [4.78, 5) is 12.2. The fourth-order valence-electron chi connectivity index (χ4n) is 2.73. The highest BCUT2D eigenvalue weighted by Gasteiger charge is 2.08. The van der Waals surface area contributed by atoms with Crippen LogP contribution in [-0.2, 0) is 11.2 Å². The molecule has 0 saturated carbocycles. The van der Waals surface area contributed by atoms with Gasteiger partial charge in [-0.05, 0) is 61.7 Å². The molecule has 0 bridgehead atoms. The van der Waals surface area contributed by atoms with Crippen molar-refractivity contribution in [1.29, 1.82) is 0 Å². The lowest BCUT2D eigenvalue weighted by Crippen LogP contribution is -2.32. The van der Waals surface area contributed by atoms with Crippen LogP contribution in [-0.4, -0.2) is 32.8 Å². The summed E-state index contributed by atoms with van der Waals surface area (Å²) < 4.78 is 16.1. The first-order chi connectivity index (χ1) is 13.0. The van der Waals surface area contributed by atoms with E-state index >= 15 is 0 Å². The van der Waals surface area contributed by atoms with Crippen molar-refractivity contribution in [3.8, 4) is 17.2 Å². The zero-order valence-corrected chi connectivity index (χ0v) is 16.3. The summed E-state index contributed by atoms with van der Waals surface area (Å²) in [7, 11) is 3.25. The Morgan fingerprint density at radius 2 is 1.93 bits per heavy atom. The van der Waals surface area contributed by atoms with E-state index in [4.69, 9.17) is 14.2 Å². The fourth-order valence-corrected chi connectivity index (χ4v) is 2.73. The van der Waals surface area contributed by atoms with Gasteiger partial charge in [-0.3, -0.25) is 4.79 Å². The van der Waals surface area contributed by atoms with E-state index < -0.39 is 0 Å². The SMILES string of the molecule is CCOc1cc(/C=C/C(=O)NC(C)Cc2cccc(OC)c2)ccc1OC. The van der Waals surface area contributed by atoms with Crippen molar-refractivity contribution < 1.29 is 19.0 Å². The lowest BCUT2D eigenvalue weighted by molar-refractivity contribution is -0.117. The summed E-state index contributed by atoms with van der Waals surface area (Å²) in [5.41, 5.74) is 1.98. The molecule has 0 spiro atoms. The molecule has 5 heteroatoms. The van der Waals surface area contributed by atoms with Gasteiger partial charge in [-0.1, -0.05) is 18.2 Å². The summed E-state index contributed by atoms with van der Waals surface area (Å²) in [6.45, 7) is 4.44. The van der Waals surface area contributed by atoms with Crippen molar-refractivity contribution >= 4 is 12.0 Å². The van der Waals surface area contributed by atoms with Crippen LogP contribution in [0.25, 0.3) is 6.08 Å².